The smallest absolute Gasteiger partial charge is 0.253 e. The molecule has 0 bridgehead atoms. The number of rotatable bonds is 6. The minimum absolute atomic E-state index is 0.103. The first-order valence-corrected chi connectivity index (χ1v) is 11.0. The van der Waals surface area contributed by atoms with Crippen molar-refractivity contribution in [2.24, 2.45) is 0 Å². The van der Waals surface area contributed by atoms with Crippen LogP contribution in [0.5, 0.6) is 0 Å². The maximum atomic E-state index is 12.7. The van der Waals surface area contributed by atoms with Gasteiger partial charge in [0.15, 0.2) is 0 Å². The van der Waals surface area contributed by atoms with Crippen LogP contribution in [0.15, 0.2) is 47.4 Å². The Kier molecular flexibility index (Phi) is 5.97. The van der Waals surface area contributed by atoms with Crippen LogP contribution < -0.4 is 4.72 Å². The molecule has 29 heavy (non-hydrogen) atoms. The van der Waals surface area contributed by atoms with Crippen molar-refractivity contribution in [3.05, 3.63) is 58.9 Å². The summed E-state index contributed by atoms with van der Waals surface area (Å²) in [5.41, 5.74) is 2.04. The van der Waals surface area contributed by atoms with Crippen molar-refractivity contribution in [3.8, 4) is 0 Å². The number of imidazole rings is 1. The number of carbonyl (C=O) groups excluding carboxylic acids is 1. The number of amides is 1. The Morgan fingerprint density at radius 2 is 1.86 bits per heavy atom. The van der Waals surface area contributed by atoms with Gasteiger partial charge in [-0.3, -0.25) is 4.79 Å². The van der Waals surface area contributed by atoms with Crippen LogP contribution in [-0.4, -0.2) is 42.9 Å². The van der Waals surface area contributed by atoms with Crippen LogP contribution in [0.25, 0.3) is 11.0 Å². The van der Waals surface area contributed by atoms with Crippen molar-refractivity contribution in [3.63, 3.8) is 0 Å². The highest BCUT2D eigenvalue weighted by Gasteiger charge is 2.23. The van der Waals surface area contributed by atoms with Crippen LogP contribution in [0.1, 0.15) is 36.1 Å². The largest absolute Gasteiger partial charge is 0.345 e. The molecule has 0 fully saturated rings. The average Bonchev–Trinajstić information content (AvgIpc) is 3.05. The van der Waals surface area contributed by atoms with Crippen molar-refractivity contribution in [2.75, 3.05) is 14.1 Å². The average molecular weight is 435 g/mol. The van der Waals surface area contributed by atoms with E-state index >= 15 is 0 Å². The number of nitrogens with zero attached hydrogens (tertiary/aromatic N) is 3. The summed E-state index contributed by atoms with van der Waals surface area (Å²) in [6.45, 7) is 4.27. The summed E-state index contributed by atoms with van der Waals surface area (Å²) in [5.74, 6) is 0.475. The molecule has 1 aromatic heterocycles. The zero-order valence-corrected chi connectivity index (χ0v) is 18.3. The van der Waals surface area contributed by atoms with E-state index in [1.54, 1.807) is 39.2 Å². The van der Waals surface area contributed by atoms with Crippen LogP contribution in [-0.2, 0) is 16.6 Å². The number of benzene rings is 2. The van der Waals surface area contributed by atoms with E-state index in [4.69, 9.17) is 11.6 Å². The Morgan fingerprint density at radius 1 is 1.21 bits per heavy atom. The molecule has 154 valence electrons. The Balaban J connectivity index is 1.98. The number of carbonyl (C=O) groups is 1. The van der Waals surface area contributed by atoms with E-state index in [9.17, 15) is 13.2 Å². The molecule has 1 amide bonds. The van der Waals surface area contributed by atoms with E-state index in [0.717, 1.165) is 5.52 Å². The van der Waals surface area contributed by atoms with Crippen molar-refractivity contribution in [1.82, 2.24) is 19.2 Å². The Labute approximate surface area is 175 Å². The third-order valence-electron chi connectivity index (χ3n) is 4.59. The fourth-order valence-electron chi connectivity index (χ4n) is 3.16. The molecule has 3 aromatic rings. The predicted octanol–water partition coefficient (Wildman–Crippen LogP) is 3.45. The van der Waals surface area contributed by atoms with E-state index in [-0.39, 0.29) is 10.8 Å². The first-order valence-electron chi connectivity index (χ1n) is 9.13. The lowest BCUT2D eigenvalue weighted by Crippen LogP contribution is -2.28. The van der Waals surface area contributed by atoms with Crippen molar-refractivity contribution < 1.29 is 13.2 Å². The molecule has 3 rings (SSSR count). The maximum Gasteiger partial charge on any atom is 0.253 e. The Morgan fingerprint density at radius 3 is 2.45 bits per heavy atom. The highest BCUT2D eigenvalue weighted by atomic mass is 35.5. The Hall–Kier alpha value is -2.42. The van der Waals surface area contributed by atoms with Crippen molar-refractivity contribution >= 4 is 38.6 Å². The molecule has 1 heterocycles. The lowest BCUT2D eigenvalue weighted by Gasteiger charge is -2.16. The zero-order valence-electron chi connectivity index (χ0n) is 16.7. The van der Waals surface area contributed by atoms with Gasteiger partial charge in [-0.2, -0.15) is 0 Å². The number of hydrogen-bond donors (Lipinski definition) is 1. The minimum Gasteiger partial charge on any atom is -0.345 e. The summed E-state index contributed by atoms with van der Waals surface area (Å²) in [6, 6.07) is 10.7. The van der Waals surface area contributed by atoms with Crippen LogP contribution >= 0.6 is 11.6 Å². The van der Waals surface area contributed by atoms with Crippen LogP contribution in [0.3, 0.4) is 0 Å². The van der Waals surface area contributed by atoms with Crippen molar-refractivity contribution in [1.29, 1.82) is 0 Å². The first-order chi connectivity index (χ1) is 13.6. The Bertz CT molecular complexity index is 1150. The third kappa shape index (κ3) is 4.29. The molecule has 0 saturated carbocycles. The van der Waals surface area contributed by atoms with Gasteiger partial charge in [0.05, 0.1) is 22.0 Å². The van der Waals surface area contributed by atoms with Gasteiger partial charge >= 0.3 is 0 Å². The number of halogens is 1. The second kappa shape index (κ2) is 8.14. The lowest BCUT2D eigenvalue weighted by molar-refractivity contribution is 0.0827. The van der Waals surface area contributed by atoms with E-state index in [1.165, 1.54) is 29.2 Å². The number of aryl methyl sites for hydroxylation is 1. The number of aromatic nitrogens is 2. The standard InChI is InChI=1S/C20H23ClN4O3S/c1-5-25-18-12-14(20(26)24(3)4)6-11-17(18)22-19(25)13(2)23-29(27,28)16-9-7-15(21)8-10-16/h6-13,23H,5H2,1-4H3. The van der Waals surface area contributed by atoms with Crippen LogP contribution in [0.2, 0.25) is 5.02 Å². The van der Waals surface area contributed by atoms with Gasteiger partial charge < -0.3 is 9.47 Å². The highest BCUT2D eigenvalue weighted by Crippen LogP contribution is 2.24. The SMILES string of the molecule is CCn1c(C(C)NS(=O)(=O)c2ccc(Cl)cc2)nc2ccc(C(=O)N(C)C)cc21. The predicted molar refractivity (Wildman–Crippen MR) is 114 cm³/mol. The fourth-order valence-corrected chi connectivity index (χ4v) is 4.49. The normalized spacial score (nSPS) is 12.9. The summed E-state index contributed by atoms with van der Waals surface area (Å²) in [4.78, 5) is 18.5. The van der Waals surface area contributed by atoms with E-state index in [0.29, 0.717) is 28.5 Å². The van der Waals surface area contributed by atoms with Gasteiger partial charge in [-0.15, -0.1) is 0 Å². The molecule has 1 N–H and O–H groups in total. The quantitative estimate of drug-likeness (QED) is 0.644. The molecular formula is C20H23ClN4O3S. The molecule has 9 heteroatoms. The van der Waals surface area contributed by atoms with Gasteiger partial charge in [-0.25, -0.2) is 18.1 Å². The van der Waals surface area contributed by atoms with E-state index in [1.807, 2.05) is 11.5 Å². The molecule has 0 spiro atoms. The molecule has 0 saturated heterocycles. The zero-order chi connectivity index (χ0) is 21.3. The number of hydrogen-bond acceptors (Lipinski definition) is 4. The molecular weight excluding hydrogens is 412 g/mol. The topological polar surface area (TPSA) is 84.3 Å². The summed E-state index contributed by atoms with van der Waals surface area (Å²) in [7, 11) is -0.348. The minimum atomic E-state index is -3.74. The molecule has 0 aliphatic carbocycles. The van der Waals surface area contributed by atoms with E-state index in [2.05, 4.69) is 9.71 Å². The maximum absolute atomic E-state index is 12.7. The van der Waals surface area contributed by atoms with E-state index < -0.39 is 16.1 Å². The third-order valence-corrected chi connectivity index (χ3v) is 6.40. The summed E-state index contributed by atoms with van der Waals surface area (Å²) in [5, 5.41) is 0.466. The van der Waals surface area contributed by atoms with Crippen LogP contribution in [0, 0.1) is 0 Å². The van der Waals surface area contributed by atoms with Crippen molar-refractivity contribution in [2.45, 2.75) is 31.3 Å². The summed E-state index contributed by atoms with van der Waals surface area (Å²) in [6.07, 6.45) is 0. The highest BCUT2D eigenvalue weighted by molar-refractivity contribution is 7.89. The monoisotopic (exact) mass is 434 g/mol. The van der Waals surface area contributed by atoms with Gasteiger partial charge in [-0.05, 0) is 56.3 Å². The lowest BCUT2D eigenvalue weighted by atomic mass is 10.2. The van der Waals surface area contributed by atoms with Crippen LogP contribution in [0.4, 0.5) is 0 Å². The second-order valence-corrected chi connectivity index (χ2v) is 9.06. The molecule has 0 aliphatic rings. The molecule has 1 unspecified atom stereocenters. The molecule has 1 atom stereocenters. The van der Waals surface area contributed by atoms with Gasteiger partial charge in [0.1, 0.15) is 5.82 Å². The number of sulfonamides is 1. The summed E-state index contributed by atoms with van der Waals surface area (Å²) < 4.78 is 30.0. The molecule has 0 aliphatic heterocycles. The number of nitrogens with one attached hydrogen (secondary N) is 1. The first kappa shape index (κ1) is 21.3. The molecule has 2 aromatic carbocycles. The van der Waals surface area contributed by atoms with Gasteiger partial charge in [0, 0.05) is 31.2 Å². The molecule has 7 nitrogen and oxygen atoms in total. The second-order valence-electron chi connectivity index (χ2n) is 6.91. The molecule has 0 radical (unpaired) electrons. The summed E-state index contributed by atoms with van der Waals surface area (Å²) >= 11 is 5.85. The van der Waals surface area contributed by atoms with Gasteiger partial charge in [0.2, 0.25) is 10.0 Å². The van der Waals surface area contributed by atoms with Gasteiger partial charge in [-0.1, -0.05) is 11.6 Å². The van der Waals surface area contributed by atoms with Gasteiger partial charge in [0.25, 0.3) is 5.91 Å². The fraction of sp³-hybridized carbons (Fsp3) is 0.300. The number of fused-ring (bicyclic) bond motifs is 1.